The van der Waals surface area contributed by atoms with E-state index in [1.807, 2.05) is 75.4 Å². The molecule has 1 heterocycles. The molecule has 0 saturated heterocycles. The van der Waals surface area contributed by atoms with Crippen molar-refractivity contribution in [3.8, 4) is 5.69 Å². The maximum atomic E-state index is 13.1. The summed E-state index contributed by atoms with van der Waals surface area (Å²) in [5.41, 5.74) is 6.28. The van der Waals surface area contributed by atoms with Gasteiger partial charge in [-0.2, -0.15) is 0 Å². The molecule has 0 aliphatic carbocycles. The fourth-order valence-corrected chi connectivity index (χ4v) is 3.31. The number of amides is 2. The molecule has 2 amide bonds. The Balaban J connectivity index is 1.85. The molecular formula is C24H27N3O2. The van der Waals surface area contributed by atoms with Crippen LogP contribution in [0.15, 0.2) is 54.6 Å². The maximum absolute atomic E-state index is 13.1. The van der Waals surface area contributed by atoms with Crippen molar-refractivity contribution in [3.63, 3.8) is 0 Å². The van der Waals surface area contributed by atoms with Crippen molar-refractivity contribution in [2.24, 2.45) is 0 Å². The number of anilines is 1. The molecule has 0 radical (unpaired) electrons. The highest BCUT2D eigenvalue weighted by Crippen LogP contribution is 2.23. The van der Waals surface area contributed by atoms with Crippen molar-refractivity contribution < 1.29 is 9.59 Å². The standard InChI is InChI=1S/C24H27N3O2/c1-16-6-13-22(27-17(2)7-8-18(27)3)21(14-16)24(29)25-20-11-9-19(10-12-20)15-23(28)26(4)5/h6-14H,15H2,1-5H3,(H,25,29). The van der Waals surface area contributed by atoms with Gasteiger partial charge < -0.3 is 14.8 Å². The lowest BCUT2D eigenvalue weighted by molar-refractivity contribution is -0.127. The first-order chi connectivity index (χ1) is 13.8. The first kappa shape index (κ1) is 20.4. The molecule has 0 saturated carbocycles. The summed E-state index contributed by atoms with van der Waals surface area (Å²) in [7, 11) is 3.48. The fraction of sp³-hybridized carbons (Fsp3) is 0.250. The fourth-order valence-electron chi connectivity index (χ4n) is 3.31. The number of nitrogens with zero attached hydrogens (tertiary/aromatic N) is 2. The molecular weight excluding hydrogens is 362 g/mol. The summed E-state index contributed by atoms with van der Waals surface area (Å²) < 4.78 is 2.09. The lowest BCUT2D eigenvalue weighted by atomic mass is 10.1. The van der Waals surface area contributed by atoms with Crippen LogP contribution in [0, 0.1) is 20.8 Å². The molecule has 0 atom stereocenters. The van der Waals surface area contributed by atoms with Gasteiger partial charge in [0.25, 0.3) is 5.91 Å². The number of hydrogen-bond donors (Lipinski definition) is 1. The minimum atomic E-state index is -0.159. The molecule has 29 heavy (non-hydrogen) atoms. The molecule has 0 bridgehead atoms. The Bertz CT molecular complexity index is 1030. The van der Waals surface area contributed by atoms with Crippen LogP contribution in [0.2, 0.25) is 0 Å². The van der Waals surface area contributed by atoms with E-state index in [0.717, 1.165) is 28.2 Å². The van der Waals surface area contributed by atoms with E-state index in [1.54, 1.807) is 19.0 Å². The predicted octanol–water partition coefficient (Wildman–Crippen LogP) is 4.29. The molecule has 0 aliphatic rings. The molecule has 3 rings (SSSR count). The minimum Gasteiger partial charge on any atom is -0.349 e. The van der Waals surface area contributed by atoms with Crippen LogP contribution in [0.25, 0.3) is 5.69 Å². The van der Waals surface area contributed by atoms with E-state index in [4.69, 9.17) is 0 Å². The van der Waals surface area contributed by atoms with Gasteiger partial charge in [0, 0.05) is 31.2 Å². The Morgan fingerprint density at radius 2 is 1.52 bits per heavy atom. The van der Waals surface area contributed by atoms with Gasteiger partial charge in [-0.05, 0) is 62.7 Å². The molecule has 0 unspecified atom stereocenters. The zero-order valence-corrected chi connectivity index (χ0v) is 17.6. The maximum Gasteiger partial charge on any atom is 0.257 e. The van der Waals surface area contributed by atoms with Crippen molar-refractivity contribution in [3.05, 3.63) is 82.7 Å². The van der Waals surface area contributed by atoms with Crippen LogP contribution < -0.4 is 5.32 Å². The molecule has 0 spiro atoms. The second-order valence-electron chi connectivity index (χ2n) is 7.59. The molecule has 3 aromatic rings. The zero-order chi connectivity index (χ0) is 21.1. The smallest absolute Gasteiger partial charge is 0.257 e. The molecule has 1 aromatic heterocycles. The number of carbonyl (C=O) groups is 2. The Labute approximate surface area is 172 Å². The number of hydrogen-bond acceptors (Lipinski definition) is 2. The summed E-state index contributed by atoms with van der Waals surface area (Å²) >= 11 is 0. The molecule has 150 valence electrons. The van der Waals surface area contributed by atoms with Crippen LogP contribution in [-0.2, 0) is 11.2 Å². The van der Waals surface area contributed by atoms with Gasteiger partial charge in [0.2, 0.25) is 5.91 Å². The molecule has 5 nitrogen and oxygen atoms in total. The van der Waals surface area contributed by atoms with Crippen molar-refractivity contribution in [2.75, 3.05) is 19.4 Å². The summed E-state index contributed by atoms with van der Waals surface area (Å²) in [4.78, 5) is 26.5. The average Bonchev–Trinajstić information content (AvgIpc) is 3.01. The lowest BCUT2D eigenvalue weighted by Gasteiger charge is -2.16. The Kier molecular flexibility index (Phi) is 5.87. The largest absolute Gasteiger partial charge is 0.349 e. The van der Waals surface area contributed by atoms with Crippen LogP contribution >= 0.6 is 0 Å². The van der Waals surface area contributed by atoms with E-state index in [9.17, 15) is 9.59 Å². The third-order valence-electron chi connectivity index (χ3n) is 4.97. The topological polar surface area (TPSA) is 54.3 Å². The predicted molar refractivity (Wildman–Crippen MR) is 117 cm³/mol. The second-order valence-corrected chi connectivity index (χ2v) is 7.59. The van der Waals surface area contributed by atoms with Gasteiger partial charge in [-0.25, -0.2) is 0 Å². The van der Waals surface area contributed by atoms with Crippen LogP contribution in [0.1, 0.15) is 32.9 Å². The first-order valence-electron chi connectivity index (χ1n) is 9.62. The van der Waals surface area contributed by atoms with E-state index in [-0.39, 0.29) is 11.8 Å². The molecule has 1 N–H and O–H groups in total. The zero-order valence-electron chi connectivity index (χ0n) is 17.6. The summed E-state index contributed by atoms with van der Waals surface area (Å²) in [5, 5.41) is 2.98. The first-order valence-corrected chi connectivity index (χ1v) is 9.62. The van der Waals surface area contributed by atoms with Crippen molar-refractivity contribution >= 4 is 17.5 Å². The van der Waals surface area contributed by atoms with Crippen molar-refractivity contribution in [1.29, 1.82) is 0 Å². The van der Waals surface area contributed by atoms with E-state index < -0.39 is 0 Å². The van der Waals surface area contributed by atoms with Gasteiger partial charge in [0.15, 0.2) is 0 Å². The number of aryl methyl sites for hydroxylation is 3. The van der Waals surface area contributed by atoms with Gasteiger partial charge in [0.1, 0.15) is 0 Å². The molecule has 2 aromatic carbocycles. The van der Waals surface area contributed by atoms with E-state index in [1.165, 1.54) is 0 Å². The number of likely N-dealkylation sites (N-methyl/N-ethyl adjacent to an activating group) is 1. The number of nitrogens with one attached hydrogen (secondary N) is 1. The number of benzene rings is 2. The minimum absolute atomic E-state index is 0.0450. The molecule has 0 aliphatic heterocycles. The number of rotatable bonds is 5. The number of carbonyl (C=O) groups excluding carboxylic acids is 2. The quantitative estimate of drug-likeness (QED) is 0.708. The van der Waals surface area contributed by atoms with Crippen LogP contribution in [0.3, 0.4) is 0 Å². The van der Waals surface area contributed by atoms with Crippen molar-refractivity contribution in [2.45, 2.75) is 27.2 Å². The van der Waals surface area contributed by atoms with Gasteiger partial charge in [-0.3, -0.25) is 9.59 Å². The average molecular weight is 389 g/mol. The van der Waals surface area contributed by atoms with Gasteiger partial charge >= 0.3 is 0 Å². The third kappa shape index (κ3) is 4.57. The summed E-state index contributed by atoms with van der Waals surface area (Å²) in [6.07, 6.45) is 0.343. The molecule has 0 fully saturated rings. The SMILES string of the molecule is Cc1ccc(-n2c(C)ccc2C)c(C(=O)Nc2ccc(CC(=O)N(C)C)cc2)c1. The summed E-state index contributed by atoms with van der Waals surface area (Å²) in [6, 6.07) is 17.4. The third-order valence-corrected chi connectivity index (χ3v) is 4.97. The van der Waals surface area contributed by atoms with Crippen LogP contribution in [0.5, 0.6) is 0 Å². The molecule has 5 heteroatoms. The normalized spacial score (nSPS) is 10.7. The van der Waals surface area contributed by atoms with E-state index in [0.29, 0.717) is 17.7 Å². The second kappa shape index (κ2) is 8.35. The summed E-state index contributed by atoms with van der Waals surface area (Å²) in [6.45, 7) is 6.04. The van der Waals surface area contributed by atoms with E-state index in [2.05, 4.69) is 9.88 Å². The van der Waals surface area contributed by atoms with Gasteiger partial charge in [0.05, 0.1) is 17.7 Å². The van der Waals surface area contributed by atoms with Crippen LogP contribution in [-0.4, -0.2) is 35.4 Å². The van der Waals surface area contributed by atoms with E-state index >= 15 is 0 Å². The Morgan fingerprint density at radius 3 is 2.10 bits per heavy atom. The van der Waals surface area contributed by atoms with Crippen LogP contribution in [0.4, 0.5) is 5.69 Å². The summed E-state index contributed by atoms with van der Waals surface area (Å²) in [5.74, 6) is -0.114. The highest BCUT2D eigenvalue weighted by molar-refractivity contribution is 6.07. The lowest BCUT2D eigenvalue weighted by Crippen LogP contribution is -2.23. The monoisotopic (exact) mass is 389 g/mol. The van der Waals surface area contributed by atoms with Gasteiger partial charge in [-0.15, -0.1) is 0 Å². The highest BCUT2D eigenvalue weighted by atomic mass is 16.2. The van der Waals surface area contributed by atoms with Gasteiger partial charge in [-0.1, -0.05) is 23.8 Å². The number of aromatic nitrogens is 1. The highest BCUT2D eigenvalue weighted by Gasteiger charge is 2.16. The Hall–Kier alpha value is -3.34. The van der Waals surface area contributed by atoms with Crippen molar-refractivity contribution in [1.82, 2.24) is 9.47 Å². The Morgan fingerprint density at radius 1 is 0.897 bits per heavy atom.